The number of non-ortho nitro benzene ring substituents is 1. The summed E-state index contributed by atoms with van der Waals surface area (Å²) in [5, 5.41) is 13.3. The maximum atomic E-state index is 12.4. The Labute approximate surface area is 127 Å². The van der Waals surface area contributed by atoms with E-state index in [1.807, 2.05) is 30.3 Å². The predicted molar refractivity (Wildman–Crippen MR) is 83.7 cm³/mol. The molecule has 2 rings (SSSR count). The third-order valence-corrected chi connectivity index (χ3v) is 3.02. The second-order valence-corrected chi connectivity index (χ2v) is 4.57. The van der Waals surface area contributed by atoms with E-state index in [0.717, 1.165) is 5.69 Å². The topological polar surface area (TPSA) is 103 Å². The summed E-state index contributed by atoms with van der Waals surface area (Å²) in [7, 11) is 0. The normalized spacial score (nSPS) is 10.0. The van der Waals surface area contributed by atoms with Gasteiger partial charge in [0.2, 0.25) is 0 Å². The summed E-state index contributed by atoms with van der Waals surface area (Å²) in [6.45, 7) is 1.05. The van der Waals surface area contributed by atoms with Crippen LogP contribution < -0.4 is 16.0 Å². The van der Waals surface area contributed by atoms with Gasteiger partial charge in [0.05, 0.1) is 18.0 Å². The van der Waals surface area contributed by atoms with E-state index >= 15 is 0 Å². The van der Waals surface area contributed by atoms with Gasteiger partial charge in [-0.15, -0.1) is 0 Å². The number of rotatable bonds is 5. The highest BCUT2D eigenvalue weighted by atomic mass is 16.6. The lowest BCUT2D eigenvalue weighted by Crippen LogP contribution is -2.56. The summed E-state index contributed by atoms with van der Waals surface area (Å²) in [5.41, 5.74) is 5.03. The molecule has 0 unspecified atom stereocenters. The lowest BCUT2D eigenvalue weighted by atomic mass is 10.2. The Morgan fingerprint density at radius 3 is 2.32 bits per heavy atom. The van der Waals surface area contributed by atoms with E-state index in [1.54, 1.807) is 4.90 Å². The summed E-state index contributed by atoms with van der Waals surface area (Å²) in [6.07, 6.45) is 0. The molecule has 0 aliphatic heterocycles. The van der Waals surface area contributed by atoms with Crippen LogP contribution in [0.4, 0.5) is 21.9 Å². The van der Waals surface area contributed by atoms with Gasteiger partial charge in [0.25, 0.3) is 5.69 Å². The fraction of sp³-hybridized carbons (Fsp3) is 0.133. The van der Waals surface area contributed by atoms with Gasteiger partial charge in [0.1, 0.15) is 0 Å². The second-order valence-electron chi connectivity index (χ2n) is 4.57. The molecule has 0 aliphatic rings. The minimum absolute atomic E-state index is 0.0179. The third-order valence-electron chi connectivity index (χ3n) is 3.02. The first-order valence-electron chi connectivity index (χ1n) is 6.79. The lowest BCUT2D eigenvalue weighted by molar-refractivity contribution is -0.384. The van der Waals surface area contributed by atoms with Crippen molar-refractivity contribution in [3.63, 3.8) is 0 Å². The van der Waals surface area contributed by atoms with E-state index in [1.165, 1.54) is 24.3 Å². The van der Waals surface area contributed by atoms with Crippen LogP contribution in [0.5, 0.6) is 0 Å². The van der Waals surface area contributed by atoms with Gasteiger partial charge in [-0.05, 0) is 24.3 Å². The molecule has 4 N–H and O–H groups in total. The number of nitrogens with zero attached hydrogens (tertiary/aromatic N) is 2. The molecule has 0 aromatic heterocycles. The number of nitro groups is 1. The van der Waals surface area contributed by atoms with Gasteiger partial charge in [0.15, 0.2) is 0 Å². The number of nitrogens with one attached hydrogen (secondary N) is 1. The van der Waals surface area contributed by atoms with Crippen molar-refractivity contribution >= 4 is 23.1 Å². The minimum atomic E-state index is -0.482. The van der Waals surface area contributed by atoms with Crippen molar-refractivity contribution in [1.29, 1.82) is 0 Å². The molecule has 0 radical (unpaired) electrons. The molecule has 22 heavy (non-hydrogen) atoms. The number of hydrogen-bond acceptors (Lipinski definition) is 3. The molecule has 114 valence electrons. The number of nitro benzene ring substituents is 1. The van der Waals surface area contributed by atoms with Crippen molar-refractivity contribution in [2.45, 2.75) is 0 Å². The van der Waals surface area contributed by atoms with Crippen LogP contribution in [-0.2, 0) is 0 Å². The van der Waals surface area contributed by atoms with Crippen molar-refractivity contribution in [3.8, 4) is 0 Å². The Hall–Kier alpha value is -2.93. The van der Waals surface area contributed by atoms with E-state index < -0.39 is 4.92 Å². The Kier molecular flexibility index (Phi) is 5.05. The van der Waals surface area contributed by atoms with E-state index in [9.17, 15) is 14.9 Å². The molecule has 2 aromatic rings. The SMILES string of the molecule is [NH3+]CCN(C(=O)Nc1ccc([N+](=O)[O-])cc1)c1ccccc1. The average molecular weight is 301 g/mol. The highest BCUT2D eigenvalue weighted by molar-refractivity contribution is 6.01. The summed E-state index contributed by atoms with van der Waals surface area (Å²) < 4.78 is 0. The molecule has 0 spiro atoms. The fourth-order valence-electron chi connectivity index (χ4n) is 1.97. The summed E-state index contributed by atoms with van der Waals surface area (Å²) in [4.78, 5) is 24.1. The van der Waals surface area contributed by atoms with Crippen LogP contribution in [0.25, 0.3) is 0 Å². The largest absolute Gasteiger partial charge is 0.356 e. The summed E-state index contributed by atoms with van der Waals surface area (Å²) in [6, 6.07) is 14.7. The maximum absolute atomic E-state index is 12.4. The van der Waals surface area contributed by atoms with Crippen LogP contribution in [0.1, 0.15) is 0 Å². The second kappa shape index (κ2) is 7.19. The molecule has 7 heteroatoms. The molecule has 0 saturated carbocycles. The van der Waals surface area contributed by atoms with Crippen LogP contribution >= 0.6 is 0 Å². The Balaban J connectivity index is 2.12. The quantitative estimate of drug-likeness (QED) is 0.650. The van der Waals surface area contributed by atoms with Crippen molar-refractivity contribution in [1.82, 2.24) is 0 Å². The highest BCUT2D eigenvalue weighted by Gasteiger charge is 2.16. The number of benzene rings is 2. The molecule has 0 fully saturated rings. The molecule has 7 nitrogen and oxygen atoms in total. The Morgan fingerprint density at radius 1 is 1.14 bits per heavy atom. The number of carbonyl (C=O) groups excluding carboxylic acids is 1. The third kappa shape index (κ3) is 3.80. The van der Waals surface area contributed by atoms with Gasteiger partial charge in [-0.2, -0.15) is 0 Å². The van der Waals surface area contributed by atoms with Crippen LogP contribution in [0, 0.1) is 10.1 Å². The maximum Gasteiger partial charge on any atom is 0.326 e. The van der Waals surface area contributed by atoms with E-state index in [0.29, 0.717) is 18.8 Å². The van der Waals surface area contributed by atoms with Crippen molar-refractivity contribution in [2.24, 2.45) is 0 Å². The van der Waals surface area contributed by atoms with E-state index in [4.69, 9.17) is 0 Å². The fourth-order valence-corrected chi connectivity index (χ4v) is 1.97. The van der Waals surface area contributed by atoms with Gasteiger partial charge in [-0.3, -0.25) is 15.0 Å². The number of carbonyl (C=O) groups is 1. The summed E-state index contributed by atoms with van der Waals surface area (Å²) >= 11 is 0. The number of urea groups is 1. The molecule has 0 saturated heterocycles. The van der Waals surface area contributed by atoms with Crippen molar-refractivity contribution in [3.05, 3.63) is 64.7 Å². The van der Waals surface area contributed by atoms with Gasteiger partial charge in [-0.25, -0.2) is 4.79 Å². The molecule has 0 bridgehead atoms. The average Bonchev–Trinajstić information content (AvgIpc) is 2.53. The highest BCUT2D eigenvalue weighted by Crippen LogP contribution is 2.18. The number of quaternary nitrogens is 1. The Bertz CT molecular complexity index is 644. The zero-order valence-electron chi connectivity index (χ0n) is 11.9. The van der Waals surface area contributed by atoms with Crippen LogP contribution in [-0.4, -0.2) is 24.0 Å². The van der Waals surface area contributed by atoms with Crippen molar-refractivity contribution < 1.29 is 15.5 Å². The molecule has 0 heterocycles. The van der Waals surface area contributed by atoms with Gasteiger partial charge >= 0.3 is 6.03 Å². The molecule has 0 aliphatic carbocycles. The number of amides is 2. The standard InChI is InChI=1S/C15H16N4O3/c16-10-11-18(13-4-2-1-3-5-13)15(20)17-12-6-8-14(9-7-12)19(21)22/h1-9H,10-11,16H2,(H,17,20)/p+1. The molecule has 2 amide bonds. The minimum Gasteiger partial charge on any atom is -0.356 e. The van der Waals surface area contributed by atoms with Gasteiger partial charge in [-0.1, -0.05) is 18.2 Å². The monoisotopic (exact) mass is 301 g/mol. The van der Waals surface area contributed by atoms with Crippen LogP contribution in [0.3, 0.4) is 0 Å². The molecular weight excluding hydrogens is 284 g/mol. The molecular formula is C15H17N4O3+. The van der Waals surface area contributed by atoms with E-state index in [2.05, 4.69) is 11.1 Å². The number of hydrogen-bond donors (Lipinski definition) is 2. The predicted octanol–water partition coefficient (Wildman–Crippen LogP) is 1.88. The zero-order chi connectivity index (χ0) is 15.9. The lowest BCUT2D eigenvalue weighted by Gasteiger charge is -2.21. The van der Waals surface area contributed by atoms with E-state index in [-0.39, 0.29) is 11.7 Å². The first kappa shape index (κ1) is 15.5. The first-order chi connectivity index (χ1) is 10.6. The van der Waals surface area contributed by atoms with Crippen LogP contribution in [0.15, 0.2) is 54.6 Å². The zero-order valence-corrected chi connectivity index (χ0v) is 11.9. The number of para-hydroxylation sites is 1. The van der Waals surface area contributed by atoms with Gasteiger partial charge < -0.3 is 11.1 Å². The smallest absolute Gasteiger partial charge is 0.326 e. The Morgan fingerprint density at radius 2 is 1.77 bits per heavy atom. The first-order valence-corrected chi connectivity index (χ1v) is 6.79. The van der Waals surface area contributed by atoms with Crippen LogP contribution in [0.2, 0.25) is 0 Å². The number of anilines is 2. The molecule has 2 aromatic carbocycles. The molecule has 0 atom stereocenters. The summed E-state index contributed by atoms with van der Waals surface area (Å²) in [5.74, 6) is 0. The van der Waals surface area contributed by atoms with Gasteiger partial charge in [0, 0.05) is 23.5 Å². The van der Waals surface area contributed by atoms with Crippen molar-refractivity contribution in [2.75, 3.05) is 23.3 Å².